The molecular formula is C11H19N5OS. The fourth-order valence-corrected chi connectivity index (χ4v) is 1.71. The number of carbonyl (C=O) groups excluding carboxylic acids is 1. The van der Waals surface area contributed by atoms with Gasteiger partial charge in [0.05, 0.1) is 0 Å². The van der Waals surface area contributed by atoms with Crippen LogP contribution in [0.25, 0.3) is 0 Å². The zero-order valence-electron chi connectivity index (χ0n) is 10.9. The van der Waals surface area contributed by atoms with E-state index >= 15 is 0 Å². The van der Waals surface area contributed by atoms with Crippen molar-refractivity contribution in [3.8, 4) is 0 Å². The molecule has 0 radical (unpaired) electrons. The Morgan fingerprint density at radius 2 is 2.22 bits per heavy atom. The van der Waals surface area contributed by atoms with Crippen LogP contribution in [0.3, 0.4) is 0 Å². The van der Waals surface area contributed by atoms with Gasteiger partial charge >= 0.3 is 0 Å². The quantitative estimate of drug-likeness (QED) is 0.529. The maximum atomic E-state index is 11.4. The van der Waals surface area contributed by atoms with Crippen molar-refractivity contribution in [2.24, 2.45) is 0 Å². The Kier molecular flexibility index (Phi) is 5.70. The number of thioether (sulfide) groups is 1. The molecule has 1 amide bonds. The summed E-state index contributed by atoms with van der Waals surface area (Å²) in [4.78, 5) is 19.7. The molecule has 1 rings (SSSR count). The van der Waals surface area contributed by atoms with E-state index in [4.69, 9.17) is 5.73 Å². The minimum atomic E-state index is 0.0182. The summed E-state index contributed by atoms with van der Waals surface area (Å²) in [5, 5.41) is 6.50. The monoisotopic (exact) mass is 269 g/mol. The molecule has 6 nitrogen and oxygen atoms in total. The summed E-state index contributed by atoms with van der Waals surface area (Å²) < 4.78 is 0. The number of nitrogens with two attached hydrogens (primary N) is 1. The van der Waals surface area contributed by atoms with Crippen LogP contribution in [0.15, 0.2) is 11.2 Å². The Hall–Kier alpha value is -1.50. The topological polar surface area (TPSA) is 92.9 Å². The van der Waals surface area contributed by atoms with E-state index in [9.17, 15) is 4.79 Å². The summed E-state index contributed by atoms with van der Waals surface area (Å²) in [6.45, 7) is 4.38. The number of anilines is 2. The van der Waals surface area contributed by atoms with Crippen LogP contribution in [0.5, 0.6) is 0 Å². The third-order valence-electron chi connectivity index (χ3n) is 2.02. The third-order valence-corrected chi connectivity index (χ3v) is 2.56. The first-order chi connectivity index (χ1) is 8.51. The first-order valence-corrected chi connectivity index (χ1v) is 6.95. The number of rotatable bonds is 6. The average Bonchev–Trinajstić information content (AvgIpc) is 2.27. The zero-order chi connectivity index (χ0) is 13.5. The maximum Gasteiger partial charge on any atom is 0.221 e. The molecular weight excluding hydrogens is 250 g/mol. The van der Waals surface area contributed by atoms with E-state index in [0.29, 0.717) is 29.8 Å². The summed E-state index contributed by atoms with van der Waals surface area (Å²) >= 11 is 1.42. The van der Waals surface area contributed by atoms with Crippen molar-refractivity contribution in [3.05, 3.63) is 6.07 Å². The molecule has 0 saturated carbocycles. The van der Waals surface area contributed by atoms with Crippen LogP contribution in [0.1, 0.15) is 20.3 Å². The lowest BCUT2D eigenvalue weighted by molar-refractivity contribution is -0.121. The first-order valence-electron chi connectivity index (χ1n) is 5.73. The fourth-order valence-electron chi connectivity index (χ4n) is 1.32. The standard InChI is InChI=1S/C11H19N5OS/c1-7(2)14-10(17)4-5-13-9-6-8(12)15-11(16-9)18-3/h6-7H,4-5H2,1-3H3,(H,14,17)(H3,12,13,15,16). The molecule has 7 heteroatoms. The molecule has 0 fully saturated rings. The van der Waals surface area contributed by atoms with Crippen molar-refractivity contribution in [1.82, 2.24) is 15.3 Å². The molecule has 18 heavy (non-hydrogen) atoms. The lowest BCUT2D eigenvalue weighted by Crippen LogP contribution is -2.31. The van der Waals surface area contributed by atoms with E-state index in [1.165, 1.54) is 11.8 Å². The second kappa shape index (κ2) is 7.05. The summed E-state index contributed by atoms with van der Waals surface area (Å²) in [7, 11) is 0. The highest BCUT2D eigenvalue weighted by Crippen LogP contribution is 2.14. The van der Waals surface area contributed by atoms with Gasteiger partial charge in [0.1, 0.15) is 11.6 Å². The van der Waals surface area contributed by atoms with E-state index in [1.807, 2.05) is 20.1 Å². The van der Waals surface area contributed by atoms with Crippen LogP contribution >= 0.6 is 11.8 Å². The molecule has 0 spiro atoms. The van der Waals surface area contributed by atoms with Gasteiger partial charge in [0, 0.05) is 25.1 Å². The van der Waals surface area contributed by atoms with Crippen LogP contribution in [0.4, 0.5) is 11.6 Å². The smallest absolute Gasteiger partial charge is 0.221 e. The highest BCUT2D eigenvalue weighted by molar-refractivity contribution is 7.98. The number of hydrogen-bond donors (Lipinski definition) is 3. The minimum Gasteiger partial charge on any atom is -0.383 e. The molecule has 1 aromatic heterocycles. The van der Waals surface area contributed by atoms with E-state index in [1.54, 1.807) is 6.07 Å². The molecule has 1 heterocycles. The molecule has 0 aliphatic heterocycles. The Morgan fingerprint density at radius 1 is 1.50 bits per heavy atom. The Morgan fingerprint density at radius 3 is 2.83 bits per heavy atom. The van der Waals surface area contributed by atoms with Crippen LogP contribution in [-0.4, -0.2) is 34.7 Å². The summed E-state index contributed by atoms with van der Waals surface area (Å²) in [5.41, 5.74) is 5.65. The Bertz CT molecular complexity index is 410. The van der Waals surface area contributed by atoms with Crippen LogP contribution in [0.2, 0.25) is 0 Å². The normalized spacial score (nSPS) is 10.4. The van der Waals surface area contributed by atoms with E-state index in [0.717, 1.165) is 0 Å². The van der Waals surface area contributed by atoms with Gasteiger partial charge in [0.25, 0.3) is 0 Å². The Labute approximate surface area is 111 Å². The van der Waals surface area contributed by atoms with E-state index in [2.05, 4.69) is 20.6 Å². The molecule has 100 valence electrons. The number of carbonyl (C=O) groups is 1. The van der Waals surface area contributed by atoms with Crippen molar-refractivity contribution in [1.29, 1.82) is 0 Å². The molecule has 0 aliphatic carbocycles. The van der Waals surface area contributed by atoms with Crippen molar-refractivity contribution in [2.45, 2.75) is 31.5 Å². The number of amides is 1. The molecule has 0 bridgehead atoms. The SMILES string of the molecule is CSc1nc(N)cc(NCCC(=O)NC(C)C)n1. The number of nitrogens with one attached hydrogen (secondary N) is 2. The molecule has 0 aromatic carbocycles. The van der Waals surface area contributed by atoms with Gasteiger partial charge < -0.3 is 16.4 Å². The molecule has 1 aromatic rings. The molecule has 0 unspecified atom stereocenters. The fraction of sp³-hybridized carbons (Fsp3) is 0.545. The number of nitrogen functional groups attached to an aromatic ring is 1. The number of nitrogens with zero attached hydrogens (tertiary/aromatic N) is 2. The summed E-state index contributed by atoms with van der Waals surface area (Å²) in [6.07, 6.45) is 2.28. The van der Waals surface area contributed by atoms with Crippen molar-refractivity contribution in [3.63, 3.8) is 0 Å². The lowest BCUT2D eigenvalue weighted by atomic mass is 10.3. The minimum absolute atomic E-state index is 0.0182. The van der Waals surface area contributed by atoms with Gasteiger partial charge in [-0.1, -0.05) is 11.8 Å². The highest BCUT2D eigenvalue weighted by atomic mass is 32.2. The van der Waals surface area contributed by atoms with Gasteiger partial charge in [-0.05, 0) is 20.1 Å². The molecule has 0 atom stereocenters. The number of aromatic nitrogens is 2. The van der Waals surface area contributed by atoms with Crippen LogP contribution < -0.4 is 16.4 Å². The van der Waals surface area contributed by atoms with Crippen LogP contribution in [0, 0.1) is 0 Å². The summed E-state index contributed by atoms with van der Waals surface area (Å²) in [6, 6.07) is 1.82. The van der Waals surface area contributed by atoms with Crippen molar-refractivity contribution < 1.29 is 4.79 Å². The maximum absolute atomic E-state index is 11.4. The Balaban J connectivity index is 2.44. The summed E-state index contributed by atoms with van der Waals surface area (Å²) in [5.74, 6) is 1.08. The predicted molar refractivity (Wildman–Crippen MR) is 74.6 cm³/mol. The van der Waals surface area contributed by atoms with Gasteiger partial charge in [-0.15, -0.1) is 0 Å². The van der Waals surface area contributed by atoms with E-state index < -0.39 is 0 Å². The molecule has 0 saturated heterocycles. The van der Waals surface area contributed by atoms with Gasteiger partial charge in [-0.2, -0.15) is 0 Å². The van der Waals surface area contributed by atoms with Gasteiger partial charge in [-0.3, -0.25) is 4.79 Å². The van der Waals surface area contributed by atoms with Crippen LogP contribution in [-0.2, 0) is 4.79 Å². The van der Waals surface area contributed by atoms with Gasteiger partial charge in [-0.25, -0.2) is 9.97 Å². The van der Waals surface area contributed by atoms with E-state index in [-0.39, 0.29) is 11.9 Å². The third kappa shape index (κ3) is 5.22. The largest absolute Gasteiger partial charge is 0.383 e. The molecule has 4 N–H and O–H groups in total. The zero-order valence-corrected chi connectivity index (χ0v) is 11.7. The predicted octanol–water partition coefficient (Wildman–Crippen LogP) is 1.11. The molecule has 0 aliphatic rings. The van der Waals surface area contributed by atoms with Crippen molar-refractivity contribution in [2.75, 3.05) is 23.9 Å². The average molecular weight is 269 g/mol. The lowest BCUT2D eigenvalue weighted by Gasteiger charge is -2.09. The highest BCUT2D eigenvalue weighted by Gasteiger charge is 2.04. The number of hydrogen-bond acceptors (Lipinski definition) is 6. The second-order valence-electron chi connectivity index (χ2n) is 4.06. The van der Waals surface area contributed by atoms with Gasteiger partial charge in [0.2, 0.25) is 5.91 Å². The van der Waals surface area contributed by atoms with Gasteiger partial charge in [0.15, 0.2) is 5.16 Å². The first kappa shape index (κ1) is 14.6. The second-order valence-corrected chi connectivity index (χ2v) is 4.84. The van der Waals surface area contributed by atoms with Crippen molar-refractivity contribution >= 4 is 29.3 Å².